The van der Waals surface area contributed by atoms with Crippen LogP contribution in [-0.4, -0.2) is 16.2 Å². The summed E-state index contributed by atoms with van der Waals surface area (Å²) in [6, 6.07) is 6.00. The van der Waals surface area contributed by atoms with Gasteiger partial charge in [0.15, 0.2) is 11.5 Å². The van der Waals surface area contributed by atoms with Gasteiger partial charge in [0.25, 0.3) is 0 Å². The van der Waals surface area contributed by atoms with Crippen LogP contribution in [0.25, 0.3) is 17.1 Å². The zero-order chi connectivity index (χ0) is 12.1. The molecule has 1 aliphatic rings. The molecule has 0 aliphatic carbocycles. The maximum absolute atomic E-state index is 4.42. The Hall–Kier alpha value is -2.03. The van der Waals surface area contributed by atoms with Crippen molar-refractivity contribution < 1.29 is 0 Å². The van der Waals surface area contributed by atoms with Gasteiger partial charge < -0.3 is 0 Å². The van der Waals surface area contributed by atoms with Crippen LogP contribution in [0.2, 0.25) is 0 Å². The highest BCUT2D eigenvalue weighted by Gasteiger charge is 2.04. The normalized spacial score (nSPS) is 12.6. The quantitative estimate of drug-likeness (QED) is 0.684. The number of allylic oxidation sites excluding steroid dienone is 1. The van der Waals surface area contributed by atoms with E-state index in [2.05, 4.69) is 33.2 Å². The standard InChI is InChI=1S/C12H9N3.C2H6/c1-2-6-13-11-9(4-1)8-10-5-3-7-14-12(10)15-11;1-2/h1,3-8H,2H2;1-2H3. The van der Waals surface area contributed by atoms with E-state index in [-0.39, 0.29) is 0 Å². The minimum absolute atomic E-state index is 0.753. The number of aromatic nitrogens is 2. The smallest absolute Gasteiger partial charge is 0.161 e. The zero-order valence-corrected chi connectivity index (χ0v) is 10.1. The van der Waals surface area contributed by atoms with Crippen molar-refractivity contribution in [3.63, 3.8) is 0 Å². The minimum atomic E-state index is 0.753. The molecule has 1 aliphatic heterocycles. The molecule has 0 bridgehead atoms. The molecule has 0 saturated carbocycles. The second-order valence-electron chi connectivity index (χ2n) is 3.40. The van der Waals surface area contributed by atoms with Gasteiger partial charge in [-0.2, -0.15) is 0 Å². The first kappa shape index (κ1) is 11.5. The third kappa shape index (κ3) is 2.38. The molecule has 3 heterocycles. The van der Waals surface area contributed by atoms with Crippen LogP contribution in [0.5, 0.6) is 0 Å². The van der Waals surface area contributed by atoms with Gasteiger partial charge in [0.2, 0.25) is 0 Å². The molecular weight excluding hydrogens is 210 g/mol. The molecule has 2 aromatic rings. The zero-order valence-electron chi connectivity index (χ0n) is 10.1. The van der Waals surface area contributed by atoms with Crippen molar-refractivity contribution in [1.82, 2.24) is 9.97 Å². The van der Waals surface area contributed by atoms with Gasteiger partial charge in [0.1, 0.15) is 0 Å². The highest BCUT2D eigenvalue weighted by Crippen LogP contribution is 2.23. The summed E-state index contributed by atoms with van der Waals surface area (Å²) in [5, 5.41) is 1.05. The van der Waals surface area contributed by atoms with Crippen LogP contribution < -0.4 is 0 Å². The first-order valence-corrected chi connectivity index (χ1v) is 5.88. The average Bonchev–Trinajstić information content (AvgIpc) is 2.63. The summed E-state index contributed by atoms with van der Waals surface area (Å²) in [6.07, 6.45) is 8.61. The van der Waals surface area contributed by atoms with Crippen molar-refractivity contribution >= 4 is 29.1 Å². The van der Waals surface area contributed by atoms with Crippen molar-refractivity contribution in [2.45, 2.75) is 20.3 Å². The lowest BCUT2D eigenvalue weighted by Crippen LogP contribution is -1.86. The predicted molar refractivity (Wildman–Crippen MR) is 72.7 cm³/mol. The number of rotatable bonds is 0. The highest BCUT2D eigenvalue weighted by atomic mass is 14.9. The molecule has 0 N–H and O–H groups in total. The monoisotopic (exact) mass is 225 g/mol. The summed E-state index contributed by atoms with van der Waals surface area (Å²) in [5.41, 5.74) is 1.81. The average molecular weight is 225 g/mol. The summed E-state index contributed by atoms with van der Waals surface area (Å²) in [4.78, 5) is 12.9. The van der Waals surface area contributed by atoms with E-state index in [1.54, 1.807) is 6.20 Å². The Labute approximate surface area is 101 Å². The first-order chi connectivity index (χ1) is 8.43. The molecule has 0 aromatic carbocycles. The van der Waals surface area contributed by atoms with Gasteiger partial charge in [0, 0.05) is 29.8 Å². The second-order valence-corrected chi connectivity index (χ2v) is 3.40. The van der Waals surface area contributed by atoms with E-state index in [1.165, 1.54) is 0 Å². The summed E-state index contributed by atoms with van der Waals surface area (Å²) >= 11 is 0. The van der Waals surface area contributed by atoms with E-state index < -0.39 is 0 Å². The highest BCUT2D eigenvalue weighted by molar-refractivity contribution is 5.83. The summed E-state index contributed by atoms with van der Waals surface area (Å²) in [7, 11) is 0. The maximum Gasteiger partial charge on any atom is 0.161 e. The topological polar surface area (TPSA) is 38.1 Å². The van der Waals surface area contributed by atoms with Crippen LogP contribution in [0.3, 0.4) is 0 Å². The third-order valence-electron chi connectivity index (χ3n) is 2.35. The number of hydrogen-bond donors (Lipinski definition) is 0. The number of pyridine rings is 2. The van der Waals surface area contributed by atoms with Crippen LogP contribution >= 0.6 is 0 Å². The van der Waals surface area contributed by atoms with Crippen molar-refractivity contribution in [2.75, 3.05) is 0 Å². The van der Waals surface area contributed by atoms with Crippen molar-refractivity contribution in [3.8, 4) is 0 Å². The van der Waals surface area contributed by atoms with Gasteiger partial charge in [0.05, 0.1) is 0 Å². The van der Waals surface area contributed by atoms with Crippen LogP contribution in [0, 0.1) is 0 Å². The van der Waals surface area contributed by atoms with Crippen LogP contribution in [-0.2, 0) is 0 Å². The van der Waals surface area contributed by atoms with Crippen molar-refractivity contribution in [2.24, 2.45) is 4.99 Å². The first-order valence-electron chi connectivity index (χ1n) is 5.88. The van der Waals surface area contributed by atoms with Crippen molar-refractivity contribution in [1.29, 1.82) is 0 Å². The number of fused-ring (bicyclic) bond motifs is 2. The summed E-state index contributed by atoms with van der Waals surface area (Å²) < 4.78 is 0. The predicted octanol–water partition coefficient (Wildman–Crippen LogP) is 3.78. The Morgan fingerprint density at radius 2 is 2.12 bits per heavy atom. The van der Waals surface area contributed by atoms with E-state index in [9.17, 15) is 0 Å². The lowest BCUT2D eigenvalue weighted by molar-refractivity contribution is 1.25. The molecule has 0 saturated heterocycles. The van der Waals surface area contributed by atoms with E-state index >= 15 is 0 Å². The van der Waals surface area contributed by atoms with Crippen LogP contribution in [0.4, 0.5) is 5.82 Å². The fraction of sp³-hybridized carbons (Fsp3) is 0.214. The van der Waals surface area contributed by atoms with Crippen LogP contribution in [0.1, 0.15) is 25.8 Å². The molecule has 3 rings (SSSR count). The number of nitrogens with zero attached hydrogens (tertiary/aromatic N) is 3. The largest absolute Gasteiger partial charge is 0.241 e. The minimum Gasteiger partial charge on any atom is -0.241 e. The Morgan fingerprint density at radius 3 is 3.00 bits per heavy atom. The van der Waals surface area contributed by atoms with Gasteiger partial charge in [-0.05, 0) is 18.2 Å². The Balaban J connectivity index is 0.000000514. The van der Waals surface area contributed by atoms with Gasteiger partial charge in [-0.3, -0.25) is 0 Å². The summed E-state index contributed by atoms with van der Waals surface area (Å²) in [6.45, 7) is 4.00. The van der Waals surface area contributed by atoms with Gasteiger partial charge in [-0.25, -0.2) is 15.0 Å². The van der Waals surface area contributed by atoms with Crippen molar-refractivity contribution in [3.05, 3.63) is 36.0 Å². The Bertz CT molecular complexity index is 520. The van der Waals surface area contributed by atoms with E-state index in [1.807, 2.05) is 32.2 Å². The molecule has 2 aromatic heterocycles. The molecule has 0 fully saturated rings. The fourth-order valence-corrected chi connectivity index (χ4v) is 1.63. The molecule has 17 heavy (non-hydrogen) atoms. The van der Waals surface area contributed by atoms with Crippen LogP contribution in [0.15, 0.2) is 35.5 Å². The maximum atomic E-state index is 4.42. The summed E-state index contributed by atoms with van der Waals surface area (Å²) in [5.74, 6) is 0.759. The van der Waals surface area contributed by atoms with Gasteiger partial charge >= 0.3 is 0 Å². The third-order valence-corrected chi connectivity index (χ3v) is 2.35. The molecule has 3 heteroatoms. The lowest BCUT2D eigenvalue weighted by Gasteiger charge is -2.01. The van der Waals surface area contributed by atoms with E-state index in [0.29, 0.717) is 0 Å². The molecular formula is C14H15N3. The molecule has 0 unspecified atom stereocenters. The Morgan fingerprint density at radius 1 is 1.24 bits per heavy atom. The lowest BCUT2D eigenvalue weighted by atomic mass is 10.2. The number of aliphatic imine (C=N–C) groups is 1. The molecule has 86 valence electrons. The molecule has 0 atom stereocenters. The molecule has 0 amide bonds. The van der Waals surface area contributed by atoms with Gasteiger partial charge in [-0.1, -0.05) is 26.0 Å². The number of hydrogen-bond acceptors (Lipinski definition) is 3. The molecule has 0 radical (unpaired) electrons. The van der Waals surface area contributed by atoms with E-state index in [0.717, 1.165) is 28.8 Å². The van der Waals surface area contributed by atoms with Gasteiger partial charge in [-0.15, -0.1) is 0 Å². The second kappa shape index (κ2) is 5.34. The fourth-order valence-electron chi connectivity index (χ4n) is 1.63. The molecule has 0 spiro atoms. The SMILES string of the molecule is C1=Cc2cc3cccnc3nc2N=CC1.CC. The van der Waals surface area contributed by atoms with E-state index in [4.69, 9.17) is 0 Å². The molecule has 3 nitrogen and oxygen atoms in total. The Kier molecular flexibility index (Phi) is 3.60.